The molecule has 0 aromatic heterocycles. The first kappa shape index (κ1) is 33.5. The number of sulfone groups is 1. The number of hydrogen-bond acceptors (Lipinski definition) is 7. The molecule has 0 spiro atoms. The fourth-order valence-electron chi connectivity index (χ4n) is 7.37. The third kappa shape index (κ3) is 7.40. The van der Waals surface area contributed by atoms with Crippen molar-refractivity contribution in [2.75, 3.05) is 38.1 Å². The fraction of sp³-hybridized carbons (Fsp3) is 0.459. The summed E-state index contributed by atoms with van der Waals surface area (Å²) in [4.78, 5) is 17.7. The van der Waals surface area contributed by atoms with Crippen molar-refractivity contribution in [3.8, 4) is 6.07 Å². The molecule has 0 bridgehead atoms. The molecule has 5 rings (SSSR count). The lowest BCUT2D eigenvalue weighted by Gasteiger charge is -2.46. The molecule has 2 saturated heterocycles. The van der Waals surface area contributed by atoms with E-state index in [0.29, 0.717) is 28.7 Å². The van der Waals surface area contributed by atoms with Gasteiger partial charge in [0.15, 0.2) is 0 Å². The summed E-state index contributed by atoms with van der Waals surface area (Å²) in [6.45, 7) is 5.78. The molecular formula is C37H46N4O4S. The summed E-state index contributed by atoms with van der Waals surface area (Å²) >= 11 is 0. The van der Waals surface area contributed by atoms with Crippen LogP contribution >= 0.6 is 0 Å². The normalized spacial score (nSPS) is 18.7. The van der Waals surface area contributed by atoms with E-state index >= 15 is 0 Å². The fourth-order valence-corrected chi connectivity index (χ4v) is 8.65. The molecule has 8 nitrogen and oxygen atoms in total. The Kier molecular flexibility index (Phi) is 11.0. The van der Waals surface area contributed by atoms with Crippen molar-refractivity contribution in [3.63, 3.8) is 0 Å². The number of likely N-dealkylation sites (tertiary alicyclic amines) is 1. The highest BCUT2D eigenvalue weighted by Gasteiger charge is 2.45. The van der Waals surface area contributed by atoms with Crippen LogP contribution in [0.1, 0.15) is 57.4 Å². The van der Waals surface area contributed by atoms with E-state index in [9.17, 15) is 18.5 Å². The van der Waals surface area contributed by atoms with Crippen molar-refractivity contribution in [1.29, 1.82) is 5.26 Å². The first-order valence-electron chi connectivity index (χ1n) is 16.5. The molecule has 1 N–H and O–H groups in total. The van der Waals surface area contributed by atoms with E-state index in [1.807, 2.05) is 36.4 Å². The van der Waals surface area contributed by atoms with Crippen LogP contribution in [0.25, 0.3) is 0 Å². The Bertz CT molecular complexity index is 1560. The molecule has 244 valence electrons. The van der Waals surface area contributed by atoms with Crippen LogP contribution in [0.3, 0.4) is 0 Å². The second-order valence-corrected chi connectivity index (χ2v) is 14.5. The van der Waals surface area contributed by atoms with Crippen LogP contribution in [-0.4, -0.2) is 64.8 Å². The highest BCUT2D eigenvalue weighted by atomic mass is 32.2. The van der Waals surface area contributed by atoms with Gasteiger partial charge in [0.1, 0.15) is 6.10 Å². The van der Waals surface area contributed by atoms with E-state index in [1.165, 1.54) is 0 Å². The number of carbonyl (C=O) groups excluding carboxylic acids is 1. The maximum Gasteiger partial charge on any atom is 0.407 e. The Hall–Kier alpha value is -3.87. The standard InChI is InChI=1S/C37H46N4O4S/c1-3-10-33(45-36(42)39-2)27-37(28-38,29-11-6-4-7-12-29)30-19-23-40(24-20-30)32-21-25-41(26-22-32)31-15-17-35(18-16-31)46(43,44)34-13-8-5-9-14-34/h4-9,11-18,30,32-33H,3,10,19-27H2,1-2H3,(H,39,42)/t33-,37?/m1/s1. The molecule has 9 heteroatoms. The van der Waals surface area contributed by atoms with Crippen molar-refractivity contribution in [3.05, 3.63) is 90.5 Å². The monoisotopic (exact) mass is 642 g/mol. The summed E-state index contributed by atoms with van der Waals surface area (Å²) in [5.41, 5.74) is 1.32. The first-order chi connectivity index (χ1) is 22.3. The average molecular weight is 643 g/mol. The summed E-state index contributed by atoms with van der Waals surface area (Å²) in [7, 11) is -1.97. The van der Waals surface area contributed by atoms with Crippen LogP contribution in [0.15, 0.2) is 94.7 Å². The number of nitrogens with one attached hydrogen (secondary N) is 1. The highest BCUT2D eigenvalue weighted by molar-refractivity contribution is 7.91. The molecule has 0 saturated carbocycles. The quantitative estimate of drug-likeness (QED) is 0.252. The summed E-state index contributed by atoms with van der Waals surface area (Å²) < 4.78 is 31.8. The van der Waals surface area contributed by atoms with E-state index in [1.54, 1.807) is 43.4 Å². The first-order valence-corrected chi connectivity index (χ1v) is 18.0. The van der Waals surface area contributed by atoms with Crippen LogP contribution in [0.5, 0.6) is 0 Å². The van der Waals surface area contributed by atoms with Gasteiger partial charge in [-0.1, -0.05) is 61.9 Å². The summed E-state index contributed by atoms with van der Waals surface area (Å²) in [6, 6.07) is 29.1. The van der Waals surface area contributed by atoms with Gasteiger partial charge >= 0.3 is 6.09 Å². The molecule has 0 radical (unpaired) electrons. The molecule has 2 heterocycles. The van der Waals surface area contributed by atoms with Crippen LogP contribution < -0.4 is 10.2 Å². The average Bonchev–Trinajstić information content (AvgIpc) is 3.11. The van der Waals surface area contributed by atoms with E-state index in [-0.39, 0.29) is 12.0 Å². The van der Waals surface area contributed by atoms with Crippen molar-refractivity contribution >= 4 is 21.6 Å². The van der Waals surface area contributed by atoms with Gasteiger partial charge in [0.2, 0.25) is 9.84 Å². The Morgan fingerprint density at radius 1 is 0.913 bits per heavy atom. The van der Waals surface area contributed by atoms with E-state index in [4.69, 9.17) is 4.74 Å². The van der Waals surface area contributed by atoms with E-state index in [0.717, 1.165) is 69.5 Å². The summed E-state index contributed by atoms with van der Waals surface area (Å²) in [5, 5.41) is 13.4. The number of carbonyl (C=O) groups is 1. The number of benzene rings is 3. The zero-order chi connectivity index (χ0) is 32.6. The van der Waals surface area contributed by atoms with Crippen molar-refractivity contribution in [2.45, 2.75) is 79.2 Å². The topological polar surface area (TPSA) is 103 Å². The smallest absolute Gasteiger partial charge is 0.407 e. The number of hydrogen-bond donors (Lipinski definition) is 1. The Labute approximate surface area is 274 Å². The number of alkyl carbamates (subject to hydrolysis) is 1. The van der Waals surface area contributed by atoms with Gasteiger partial charge in [0.25, 0.3) is 0 Å². The van der Waals surface area contributed by atoms with E-state index in [2.05, 4.69) is 40.2 Å². The van der Waals surface area contributed by atoms with Crippen LogP contribution in [0.2, 0.25) is 0 Å². The maximum atomic E-state index is 13.0. The number of rotatable bonds is 11. The van der Waals surface area contributed by atoms with Crippen molar-refractivity contribution in [1.82, 2.24) is 10.2 Å². The molecule has 0 aliphatic carbocycles. The third-order valence-electron chi connectivity index (χ3n) is 9.90. The minimum atomic E-state index is -3.53. The molecule has 2 aliphatic heterocycles. The summed E-state index contributed by atoms with van der Waals surface area (Å²) in [5.74, 6) is 0.162. The third-order valence-corrected chi connectivity index (χ3v) is 11.7. The lowest BCUT2D eigenvalue weighted by molar-refractivity contribution is 0.0517. The van der Waals surface area contributed by atoms with Gasteiger partial charge in [-0.2, -0.15) is 5.26 Å². The Morgan fingerprint density at radius 2 is 1.50 bits per heavy atom. The SMILES string of the molecule is CCC[C@H](CC(C#N)(c1ccccc1)C1CCN(C2CCN(c3ccc(S(=O)(=O)c4ccccc4)cc3)CC2)CC1)OC(=O)NC. The molecule has 2 atom stereocenters. The number of piperidine rings is 2. The zero-order valence-electron chi connectivity index (χ0n) is 27.0. The number of nitrogens with zero attached hydrogens (tertiary/aromatic N) is 3. The molecule has 46 heavy (non-hydrogen) atoms. The summed E-state index contributed by atoms with van der Waals surface area (Å²) in [6.07, 6.45) is 5.19. The predicted octanol–water partition coefficient (Wildman–Crippen LogP) is 6.58. The molecular weight excluding hydrogens is 596 g/mol. The highest BCUT2D eigenvalue weighted by Crippen LogP contribution is 2.43. The lowest BCUT2D eigenvalue weighted by Crippen LogP contribution is -2.50. The Morgan fingerprint density at radius 3 is 2.07 bits per heavy atom. The zero-order valence-corrected chi connectivity index (χ0v) is 27.8. The molecule has 2 aliphatic rings. The predicted molar refractivity (Wildman–Crippen MR) is 180 cm³/mol. The Balaban J connectivity index is 1.21. The van der Waals surface area contributed by atoms with Gasteiger partial charge in [-0.05, 0) is 93.1 Å². The molecule has 1 amide bonds. The van der Waals surface area contributed by atoms with Crippen molar-refractivity contribution in [2.24, 2.45) is 5.92 Å². The van der Waals surface area contributed by atoms with Gasteiger partial charge in [0, 0.05) is 38.3 Å². The van der Waals surface area contributed by atoms with Gasteiger partial charge in [0.05, 0.1) is 21.3 Å². The minimum absolute atomic E-state index is 0.162. The number of nitriles is 1. The van der Waals surface area contributed by atoms with Crippen LogP contribution in [-0.2, 0) is 20.0 Å². The minimum Gasteiger partial charge on any atom is -0.446 e. The van der Waals surface area contributed by atoms with Gasteiger partial charge in [-0.3, -0.25) is 0 Å². The van der Waals surface area contributed by atoms with Gasteiger partial charge in [-0.15, -0.1) is 0 Å². The van der Waals surface area contributed by atoms with Gasteiger partial charge in [-0.25, -0.2) is 13.2 Å². The largest absolute Gasteiger partial charge is 0.446 e. The molecule has 3 aromatic carbocycles. The molecule has 1 unspecified atom stereocenters. The number of anilines is 1. The number of ether oxygens (including phenoxy) is 1. The van der Waals surface area contributed by atoms with Gasteiger partial charge < -0.3 is 19.9 Å². The molecule has 2 fully saturated rings. The maximum absolute atomic E-state index is 13.0. The van der Waals surface area contributed by atoms with Crippen molar-refractivity contribution < 1.29 is 17.9 Å². The van der Waals surface area contributed by atoms with Crippen LogP contribution in [0, 0.1) is 17.2 Å². The molecule has 3 aromatic rings. The van der Waals surface area contributed by atoms with Crippen LogP contribution in [0.4, 0.5) is 10.5 Å². The second-order valence-electron chi connectivity index (χ2n) is 12.6. The lowest BCUT2D eigenvalue weighted by atomic mass is 9.64. The van der Waals surface area contributed by atoms with E-state index < -0.39 is 21.3 Å². The second kappa shape index (κ2) is 15.1. The number of amides is 1.